The Balaban J connectivity index is 2.21. The fourth-order valence-corrected chi connectivity index (χ4v) is 3.84. The molecule has 1 aromatic carbocycles. The van der Waals surface area contributed by atoms with Crippen molar-refractivity contribution in [1.82, 2.24) is 5.32 Å². The fourth-order valence-electron chi connectivity index (χ4n) is 3.41. The van der Waals surface area contributed by atoms with Gasteiger partial charge in [-0.3, -0.25) is 0 Å². The summed E-state index contributed by atoms with van der Waals surface area (Å²) in [6.07, 6.45) is 6.58. The second kappa shape index (κ2) is 6.97. The molecular weight excluding hydrogens is 277 g/mol. The maximum Gasteiger partial charge on any atom is 0.0640 e. The molecule has 1 aliphatic rings. The molecule has 1 aliphatic carbocycles. The molecule has 0 heterocycles. The minimum absolute atomic E-state index is 0.320. The van der Waals surface area contributed by atoms with E-state index in [2.05, 4.69) is 18.3 Å². The van der Waals surface area contributed by atoms with Crippen LogP contribution in [0.25, 0.3) is 0 Å². The van der Waals surface area contributed by atoms with E-state index in [0.29, 0.717) is 22.0 Å². The van der Waals surface area contributed by atoms with Crippen molar-refractivity contribution in [2.75, 3.05) is 7.05 Å². The lowest BCUT2D eigenvalue weighted by Gasteiger charge is -2.35. The third-order valence-electron chi connectivity index (χ3n) is 4.50. The van der Waals surface area contributed by atoms with Crippen molar-refractivity contribution in [3.63, 3.8) is 0 Å². The highest BCUT2D eigenvalue weighted by Gasteiger charge is 2.29. The Hall–Kier alpha value is -0.240. The zero-order valence-corrected chi connectivity index (χ0v) is 13.3. The summed E-state index contributed by atoms with van der Waals surface area (Å²) in [5.41, 5.74) is 1.15. The van der Waals surface area contributed by atoms with E-state index < -0.39 is 0 Å². The molecule has 1 fully saturated rings. The van der Waals surface area contributed by atoms with E-state index >= 15 is 0 Å². The number of nitrogens with one attached hydrogen (secondary N) is 1. The summed E-state index contributed by atoms with van der Waals surface area (Å²) < 4.78 is 0. The molecule has 1 N–H and O–H groups in total. The molecule has 0 amide bonds. The summed E-state index contributed by atoms with van der Waals surface area (Å²) in [4.78, 5) is 0. The van der Waals surface area contributed by atoms with Crippen LogP contribution in [-0.2, 0) is 0 Å². The fraction of sp³-hybridized carbons (Fsp3) is 0.625. The van der Waals surface area contributed by atoms with Crippen LogP contribution in [0, 0.1) is 11.8 Å². The number of halogens is 2. The monoisotopic (exact) mass is 299 g/mol. The van der Waals surface area contributed by atoms with Crippen molar-refractivity contribution >= 4 is 23.2 Å². The Morgan fingerprint density at radius 1 is 1.32 bits per heavy atom. The van der Waals surface area contributed by atoms with Crippen molar-refractivity contribution in [2.24, 2.45) is 11.8 Å². The zero-order valence-electron chi connectivity index (χ0n) is 11.8. The normalized spacial score (nSPS) is 25.3. The average molecular weight is 300 g/mol. The van der Waals surface area contributed by atoms with Crippen molar-refractivity contribution in [3.05, 3.63) is 33.8 Å². The third kappa shape index (κ3) is 3.45. The molecule has 106 valence electrons. The summed E-state index contributed by atoms with van der Waals surface area (Å²) in [5, 5.41) is 4.82. The second-order valence-electron chi connectivity index (χ2n) is 5.61. The van der Waals surface area contributed by atoms with Crippen LogP contribution in [0.5, 0.6) is 0 Å². The van der Waals surface area contributed by atoms with Gasteiger partial charge in [0, 0.05) is 6.04 Å². The predicted octanol–water partition coefficient (Wildman–Crippen LogP) is 5.47. The molecule has 1 aromatic rings. The van der Waals surface area contributed by atoms with Gasteiger partial charge in [0.15, 0.2) is 0 Å². The summed E-state index contributed by atoms with van der Waals surface area (Å²) in [6, 6.07) is 6.27. The first-order chi connectivity index (χ1) is 9.17. The minimum Gasteiger partial charge on any atom is -0.313 e. The molecular formula is C16H23Cl2N. The molecule has 0 saturated heterocycles. The van der Waals surface area contributed by atoms with Gasteiger partial charge in [0.1, 0.15) is 0 Å². The number of hydrogen-bond donors (Lipinski definition) is 1. The SMILES string of the molecule is CCC1CCCC(C(NC)c2cccc(Cl)c2Cl)C1. The van der Waals surface area contributed by atoms with E-state index in [1.54, 1.807) is 0 Å². The van der Waals surface area contributed by atoms with Gasteiger partial charge >= 0.3 is 0 Å². The largest absolute Gasteiger partial charge is 0.313 e. The number of benzene rings is 1. The van der Waals surface area contributed by atoms with Crippen molar-refractivity contribution < 1.29 is 0 Å². The summed E-state index contributed by atoms with van der Waals surface area (Å²) >= 11 is 12.5. The topological polar surface area (TPSA) is 12.0 Å². The summed E-state index contributed by atoms with van der Waals surface area (Å²) in [7, 11) is 2.03. The lowest BCUT2D eigenvalue weighted by atomic mass is 9.75. The van der Waals surface area contributed by atoms with E-state index in [0.717, 1.165) is 11.5 Å². The Morgan fingerprint density at radius 2 is 2.11 bits per heavy atom. The van der Waals surface area contributed by atoms with E-state index in [4.69, 9.17) is 23.2 Å². The van der Waals surface area contributed by atoms with E-state index in [1.165, 1.54) is 32.1 Å². The highest BCUT2D eigenvalue weighted by molar-refractivity contribution is 6.42. The van der Waals surface area contributed by atoms with Crippen LogP contribution < -0.4 is 5.32 Å². The summed E-state index contributed by atoms with van der Waals surface area (Å²) in [5.74, 6) is 1.53. The molecule has 3 heteroatoms. The van der Waals surface area contributed by atoms with E-state index in [1.807, 2.05) is 19.2 Å². The first-order valence-electron chi connectivity index (χ1n) is 7.28. The predicted molar refractivity (Wildman–Crippen MR) is 84.0 cm³/mol. The lowest BCUT2D eigenvalue weighted by molar-refractivity contribution is 0.215. The number of hydrogen-bond acceptors (Lipinski definition) is 1. The Bertz CT molecular complexity index is 419. The molecule has 3 unspecified atom stereocenters. The molecule has 2 rings (SSSR count). The van der Waals surface area contributed by atoms with E-state index in [9.17, 15) is 0 Å². The molecule has 19 heavy (non-hydrogen) atoms. The Labute approximate surface area is 126 Å². The van der Waals surface area contributed by atoms with Crippen LogP contribution in [0.4, 0.5) is 0 Å². The second-order valence-corrected chi connectivity index (χ2v) is 6.40. The van der Waals surface area contributed by atoms with Gasteiger partial charge in [0.2, 0.25) is 0 Å². The lowest BCUT2D eigenvalue weighted by Crippen LogP contribution is -2.29. The Morgan fingerprint density at radius 3 is 2.79 bits per heavy atom. The van der Waals surface area contributed by atoms with Gasteiger partial charge < -0.3 is 5.32 Å². The van der Waals surface area contributed by atoms with Crippen LogP contribution in [0.15, 0.2) is 18.2 Å². The maximum absolute atomic E-state index is 6.38. The van der Waals surface area contributed by atoms with Crippen LogP contribution >= 0.6 is 23.2 Å². The van der Waals surface area contributed by atoms with Crippen LogP contribution in [0.2, 0.25) is 10.0 Å². The molecule has 3 atom stereocenters. The van der Waals surface area contributed by atoms with Crippen LogP contribution in [0.1, 0.15) is 50.6 Å². The van der Waals surface area contributed by atoms with Crippen molar-refractivity contribution in [3.8, 4) is 0 Å². The highest BCUT2D eigenvalue weighted by Crippen LogP contribution is 2.41. The van der Waals surface area contributed by atoms with E-state index in [-0.39, 0.29) is 0 Å². The minimum atomic E-state index is 0.320. The molecule has 0 bridgehead atoms. The van der Waals surface area contributed by atoms with Gasteiger partial charge in [-0.15, -0.1) is 0 Å². The third-order valence-corrected chi connectivity index (χ3v) is 5.33. The number of rotatable bonds is 4. The zero-order chi connectivity index (χ0) is 13.8. The van der Waals surface area contributed by atoms with Gasteiger partial charge in [-0.2, -0.15) is 0 Å². The molecule has 0 radical (unpaired) electrons. The van der Waals surface area contributed by atoms with Crippen molar-refractivity contribution in [1.29, 1.82) is 0 Å². The Kier molecular flexibility index (Phi) is 5.56. The molecule has 1 nitrogen and oxygen atoms in total. The molecule has 0 aliphatic heterocycles. The van der Waals surface area contributed by atoms with Gasteiger partial charge in [-0.25, -0.2) is 0 Å². The van der Waals surface area contributed by atoms with Gasteiger partial charge in [-0.1, -0.05) is 61.5 Å². The quantitative estimate of drug-likeness (QED) is 0.777. The standard InChI is InChI=1S/C16H23Cl2N/c1-3-11-6-4-7-12(10-11)16(19-2)13-8-5-9-14(17)15(13)18/h5,8-9,11-12,16,19H,3-4,6-7,10H2,1-2H3. The molecule has 0 aromatic heterocycles. The highest BCUT2D eigenvalue weighted by atomic mass is 35.5. The molecule has 1 saturated carbocycles. The van der Waals surface area contributed by atoms with Gasteiger partial charge in [0.25, 0.3) is 0 Å². The van der Waals surface area contributed by atoms with Crippen molar-refractivity contribution in [2.45, 2.75) is 45.1 Å². The smallest absolute Gasteiger partial charge is 0.0640 e. The van der Waals surface area contributed by atoms with Crippen LogP contribution in [0.3, 0.4) is 0 Å². The first-order valence-corrected chi connectivity index (χ1v) is 8.04. The molecule has 0 spiro atoms. The van der Waals surface area contributed by atoms with Crippen LogP contribution in [-0.4, -0.2) is 7.05 Å². The maximum atomic E-state index is 6.38. The van der Waals surface area contributed by atoms with Gasteiger partial charge in [-0.05, 0) is 43.4 Å². The van der Waals surface area contributed by atoms with Gasteiger partial charge in [0.05, 0.1) is 10.0 Å². The first kappa shape index (κ1) is 15.2. The summed E-state index contributed by atoms with van der Waals surface area (Å²) in [6.45, 7) is 2.30. The average Bonchev–Trinajstić information content (AvgIpc) is 2.44.